The summed E-state index contributed by atoms with van der Waals surface area (Å²) in [5.41, 5.74) is 5.30. The van der Waals surface area contributed by atoms with Crippen molar-refractivity contribution in [1.29, 1.82) is 0 Å². The summed E-state index contributed by atoms with van der Waals surface area (Å²) in [4.78, 5) is 4.86. The summed E-state index contributed by atoms with van der Waals surface area (Å²) in [5, 5.41) is 15.9. The number of anilines is 2. The van der Waals surface area contributed by atoms with Gasteiger partial charge in [0.25, 0.3) is 0 Å². The molecule has 0 amide bonds. The van der Waals surface area contributed by atoms with Crippen LogP contribution in [-0.2, 0) is 0 Å². The molecule has 2 N–H and O–H groups in total. The van der Waals surface area contributed by atoms with Crippen molar-refractivity contribution in [2.75, 3.05) is 10.6 Å². The minimum atomic E-state index is -0.103. The molecule has 0 fully saturated rings. The van der Waals surface area contributed by atoms with E-state index in [9.17, 15) is 0 Å². The Bertz CT molecular complexity index is 1260. The van der Waals surface area contributed by atoms with E-state index >= 15 is 0 Å². The van der Waals surface area contributed by atoms with Crippen LogP contribution in [0.5, 0.6) is 0 Å². The molecule has 1 aromatic heterocycles. The maximum Gasteiger partial charge on any atom is 0.245 e. The number of nitrogens with zero attached hydrogens (tertiary/aromatic N) is 3. The van der Waals surface area contributed by atoms with Gasteiger partial charge in [0.05, 0.1) is 12.1 Å². The first-order chi connectivity index (χ1) is 17.3. The van der Waals surface area contributed by atoms with Gasteiger partial charge in [0.1, 0.15) is 5.69 Å². The van der Waals surface area contributed by atoms with E-state index in [1.807, 2.05) is 55.5 Å². The normalized spacial score (nSPS) is 10.9. The van der Waals surface area contributed by atoms with Crippen molar-refractivity contribution >= 4 is 11.8 Å². The van der Waals surface area contributed by atoms with Crippen molar-refractivity contribution in [2.45, 2.75) is 19.0 Å². The number of rotatable bonds is 8. The van der Waals surface area contributed by atoms with Gasteiger partial charge in [-0.2, -0.15) is 4.98 Å². The molecule has 172 valence electrons. The molecular formula is C30H27N5. The van der Waals surface area contributed by atoms with Crippen LogP contribution in [0, 0.1) is 6.92 Å². The maximum absolute atomic E-state index is 4.86. The third-order valence-corrected chi connectivity index (χ3v) is 5.94. The molecule has 0 radical (unpaired) electrons. The lowest BCUT2D eigenvalue weighted by molar-refractivity contribution is 0.846. The van der Waals surface area contributed by atoms with Crippen molar-refractivity contribution in [3.8, 4) is 0 Å². The predicted molar refractivity (Wildman–Crippen MR) is 141 cm³/mol. The molecule has 0 saturated heterocycles. The Morgan fingerprint density at radius 3 is 1.26 bits per heavy atom. The monoisotopic (exact) mass is 457 g/mol. The van der Waals surface area contributed by atoms with Crippen LogP contribution in [-0.4, -0.2) is 15.2 Å². The van der Waals surface area contributed by atoms with Crippen LogP contribution in [0.2, 0.25) is 0 Å². The lowest BCUT2D eigenvalue weighted by atomic mass is 9.98. The van der Waals surface area contributed by atoms with Crippen molar-refractivity contribution in [1.82, 2.24) is 15.2 Å². The maximum atomic E-state index is 4.86. The van der Waals surface area contributed by atoms with Crippen LogP contribution in [0.15, 0.2) is 121 Å². The van der Waals surface area contributed by atoms with Crippen LogP contribution >= 0.6 is 0 Å². The molecule has 0 aliphatic rings. The summed E-state index contributed by atoms with van der Waals surface area (Å²) in [6.45, 7) is 1.92. The van der Waals surface area contributed by atoms with Gasteiger partial charge >= 0.3 is 0 Å². The summed E-state index contributed by atoms with van der Waals surface area (Å²) >= 11 is 0. The van der Waals surface area contributed by atoms with Crippen molar-refractivity contribution in [2.24, 2.45) is 0 Å². The summed E-state index contributed by atoms with van der Waals surface area (Å²) < 4.78 is 0. The SMILES string of the molecule is Cc1nnc(NC(c2ccccc2)c2ccccc2)nc1NC(c1ccccc1)c1ccccc1. The number of hydrogen-bond donors (Lipinski definition) is 2. The Labute approximate surface area is 205 Å². The number of aryl methyl sites for hydroxylation is 1. The minimum Gasteiger partial charge on any atom is -0.357 e. The standard InChI is InChI=1S/C30H27N5/c1-22-29(31-27(23-14-6-2-7-15-23)24-16-8-3-9-17-24)33-30(35-34-22)32-28(25-18-10-4-11-19-25)26-20-12-5-13-21-26/h2-21,27-28H,1H3,(H2,31,32,33,35). The van der Waals surface area contributed by atoms with E-state index in [1.54, 1.807) is 0 Å². The Morgan fingerprint density at radius 1 is 0.486 bits per heavy atom. The van der Waals surface area contributed by atoms with E-state index in [1.165, 1.54) is 0 Å². The molecule has 0 saturated carbocycles. The second-order valence-corrected chi connectivity index (χ2v) is 8.37. The van der Waals surface area contributed by atoms with Gasteiger partial charge in [-0.05, 0) is 29.2 Å². The first-order valence-corrected chi connectivity index (χ1v) is 11.7. The average molecular weight is 458 g/mol. The summed E-state index contributed by atoms with van der Waals surface area (Å²) in [6, 6.07) is 41.2. The molecule has 0 spiro atoms. The average Bonchev–Trinajstić information content (AvgIpc) is 2.93. The predicted octanol–water partition coefficient (Wildman–Crippen LogP) is 6.58. The first-order valence-electron chi connectivity index (χ1n) is 11.7. The third kappa shape index (κ3) is 5.36. The van der Waals surface area contributed by atoms with Crippen LogP contribution in [0.4, 0.5) is 11.8 Å². The van der Waals surface area contributed by atoms with E-state index in [0.29, 0.717) is 11.8 Å². The minimum absolute atomic E-state index is 0.0697. The topological polar surface area (TPSA) is 62.7 Å². The fraction of sp³-hybridized carbons (Fsp3) is 0.100. The molecule has 5 heteroatoms. The second kappa shape index (κ2) is 10.6. The highest BCUT2D eigenvalue weighted by Crippen LogP contribution is 2.29. The molecule has 35 heavy (non-hydrogen) atoms. The number of aromatic nitrogens is 3. The molecular weight excluding hydrogens is 430 g/mol. The highest BCUT2D eigenvalue weighted by Gasteiger charge is 2.19. The fourth-order valence-corrected chi connectivity index (χ4v) is 4.14. The van der Waals surface area contributed by atoms with E-state index < -0.39 is 0 Å². The van der Waals surface area contributed by atoms with E-state index in [0.717, 1.165) is 27.9 Å². The molecule has 0 unspecified atom stereocenters. The zero-order valence-corrected chi connectivity index (χ0v) is 19.5. The molecule has 4 aromatic carbocycles. The Hall–Kier alpha value is -4.51. The molecule has 1 heterocycles. The lowest BCUT2D eigenvalue weighted by Gasteiger charge is -2.23. The summed E-state index contributed by atoms with van der Waals surface area (Å²) in [6.07, 6.45) is 0. The van der Waals surface area contributed by atoms with Gasteiger partial charge in [-0.25, -0.2) is 0 Å². The highest BCUT2D eigenvalue weighted by atomic mass is 15.3. The second-order valence-electron chi connectivity index (χ2n) is 8.37. The molecule has 0 atom stereocenters. The van der Waals surface area contributed by atoms with Gasteiger partial charge < -0.3 is 10.6 Å². The van der Waals surface area contributed by atoms with Crippen LogP contribution in [0.3, 0.4) is 0 Å². The Morgan fingerprint density at radius 2 is 0.857 bits per heavy atom. The lowest BCUT2D eigenvalue weighted by Crippen LogP contribution is -2.18. The highest BCUT2D eigenvalue weighted by molar-refractivity contribution is 5.50. The largest absolute Gasteiger partial charge is 0.357 e. The van der Waals surface area contributed by atoms with Gasteiger partial charge in [-0.3, -0.25) is 0 Å². The number of nitrogens with one attached hydrogen (secondary N) is 2. The Kier molecular flexibility index (Phi) is 6.76. The molecule has 5 nitrogen and oxygen atoms in total. The molecule has 0 bridgehead atoms. The van der Waals surface area contributed by atoms with Crippen LogP contribution < -0.4 is 10.6 Å². The smallest absolute Gasteiger partial charge is 0.245 e. The number of hydrogen-bond acceptors (Lipinski definition) is 5. The van der Waals surface area contributed by atoms with Crippen molar-refractivity contribution in [3.63, 3.8) is 0 Å². The van der Waals surface area contributed by atoms with Gasteiger partial charge in [0.2, 0.25) is 5.95 Å². The summed E-state index contributed by atoms with van der Waals surface area (Å²) in [5.74, 6) is 1.16. The van der Waals surface area contributed by atoms with E-state index in [2.05, 4.69) is 93.6 Å². The van der Waals surface area contributed by atoms with Gasteiger partial charge in [-0.1, -0.05) is 121 Å². The zero-order chi connectivity index (χ0) is 23.9. The molecule has 5 aromatic rings. The first kappa shape index (κ1) is 22.3. The molecule has 5 rings (SSSR count). The van der Waals surface area contributed by atoms with Crippen LogP contribution in [0.25, 0.3) is 0 Å². The third-order valence-electron chi connectivity index (χ3n) is 5.94. The van der Waals surface area contributed by atoms with Gasteiger partial charge in [-0.15, -0.1) is 10.2 Å². The molecule has 0 aliphatic carbocycles. The summed E-state index contributed by atoms with van der Waals surface area (Å²) in [7, 11) is 0. The van der Waals surface area contributed by atoms with E-state index in [-0.39, 0.29) is 12.1 Å². The fourth-order valence-electron chi connectivity index (χ4n) is 4.14. The van der Waals surface area contributed by atoms with Gasteiger partial charge in [0, 0.05) is 0 Å². The van der Waals surface area contributed by atoms with Crippen LogP contribution in [0.1, 0.15) is 40.0 Å². The Balaban J connectivity index is 1.48. The quantitative estimate of drug-likeness (QED) is 0.275. The zero-order valence-electron chi connectivity index (χ0n) is 19.5. The van der Waals surface area contributed by atoms with Gasteiger partial charge in [0.15, 0.2) is 5.82 Å². The molecule has 0 aliphatic heterocycles. The van der Waals surface area contributed by atoms with Crippen molar-refractivity contribution in [3.05, 3.63) is 149 Å². The number of benzene rings is 4. The van der Waals surface area contributed by atoms with Crippen molar-refractivity contribution < 1.29 is 0 Å². The van der Waals surface area contributed by atoms with E-state index in [4.69, 9.17) is 4.98 Å².